The molecule has 0 aromatic carbocycles. The molecule has 3 heterocycles. The average Bonchev–Trinajstić information content (AvgIpc) is 2.85. The molecule has 7 nitrogen and oxygen atoms in total. The summed E-state index contributed by atoms with van der Waals surface area (Å²) in [5, 5.41) is 3.08. The van der Waals surface area contributed by atoms with Crippen molar-refractivity contribution in [1.82, 2.24) is 25.1 Å². The molecule has 2 aromatic heterocycles. The summed E-state index contributed by atoms with van der Waals surface area (Å²) in [5.41, 5.74) is 1.54. The number of carbonyl (C=O) groups excluding carboxylic acids is 2. The van der Waals surface area contributed by atoms with E-state index in [0.29, 0.717) is 31.7 Å². The molecule has 2 fully saturated rings. The number of carbonyl (C=O) groups is 2. The second-order valence-electron chi connectivity index (χ2n) is 8.95. The van der Waals surface area contributed by atoms with Crippen LogP contribution < -0.4 is 5.32 Å². The normalized spacial score (nSPS) is 20.4. The van der Waals surface area contributed by atoms with Gasteiger partial charge in [-0.1, -0.05) is 25.3 Å². The van der Waals surface area contributed by atoms with Crippen LogP contribution in [0.3, 0.4) is 0 Å². The Hall–Kier alpha value is -2.80. The van der Waals surface area contributed by atoms with E-state index < -0.39 is 0 Å². The first kappa shape index (κ1) is 22.4. The van der Waals surface area contributed by atoms with Crippen LogP contribution in [0.2, 0.25) is 0 Å². The zero-order valence-corrected chi connectivity index (χ0v) is 18.7. The third-order valence-electron chi connectivity index (χ3n) is 6.80. The maximum Gasteiger partial charge on any atom is 0.272 e. The van der Waals surface area contributed by atoms with Gasteiger partial charge in [-0.3, -0.25) is 24.5 Å². The lowest BCUT2D eigenvalue weighted by atomic mass is 9.77. The largest absolute Gasteiger partial charge is 0.354 e. The third kappa shape index (κ3) is 5.51. The van der Waals surface area contributed by atoms with Gasteiger partial charge in [0.05, 0.1) is 0 Å². The summed E-state index contributed by atoms with van der Waals surface area (Å²) < 4.78 is 0. The average molecular weight is 436 g/mol. The summed E-state index contributed by atoms with van der Waals surface area (Å²) in [7, 11) is 0. The van der Waals surface area contributed by atoms with Gasteiger partial charge in [-0.2, -0.15) is 0 Å². The fourth-order valence-electron chi connectivity index (χ4n) is 5.12. The molecule has 1 saturated heterocycles. The summed E-state index contributed by atoms with van der Waals surface area (Å²) in [5.74, 6) is 0.00548. The Labute approximate surface area is 190 Å². The molecule has 1 spiro atoms. The molecule has 0 unspecified atom stereocenters. The molecule has 1 saturated carbocycles. The SMILES string of the molecule is O=C1CC2(CCCCC2)N(Cc2ccncc2)CCCN(C(=O)c2ccccn2)CCN1. The molecule has 2 aliphatic rings. The Morgan fingerprint density at radius 1 is 0.969 bits per heavy atom. The number of rotatable bonds is 3. The molecule has 1 N–H and O–H groups in total. The quantitative estimate of drug-likeness (QED) is 0.802. The van der Waals surface area contributed by atoms with Crippen molar-refractivity contribution in [1.29, 1.82) is 0 Å². The predicted octanol–water partition coefficient (Wildman–Crippen LogP) is 3.03. The van der Waals surface area contributed by atoms with Crippen molar-refractivity contribution in [3.05, 3.63) is 60.2 Å². The first-order valence-electron chi connectivity index (χ1n) is 11.8. The molecule has 0 bridgehead atoms. The fraction of sp³-hybridized carbons (Fsp3) is 0.520. The van der Waals surface area contributed by atoms with Crippen molar-refractivity contribution in [2.75, 3.05) is 26.2 Å². The number of amides is 2. The molecule has 170 valence electrons. The Bertz CT molecular complexity index is 884. The van der Waals surface area contributed by atoms with Crippen LogP contribution in [0.15, 0.2) is 48.9 Å². The predicted molar refractivity (Wildman–Crippen MR) is 123 cm³/mol. The minimum atomic E-state index is -0.119. The lowest BCUT2D eigenvalue weighted by Crippen LogP contribution is -2.52. The topological polar surface area (TPSA) is 78.4 Å². The van der Waals surface area contributed by atoms with Gasteiger partial charge in [-0.05, 0) is 49.1 Å². The van der Waals surface area contributed by atoms with Crippen LogP contribution in [0.25, 0.3) is 0 Å². The summed E-state index contributed by atoms with van der Waals surface area (Å²) >= 11 is 0. The van der Waals surface area contributed by atoms with Gasteiger partial charge in [0.15, 0.2) is 0 Å². The van der Waals surface area contributed by atoms with E-state index in [-0.39, 0.29) is 17.4 Å². The Kier molecular flexibility index (Phi) is 7.47. The van der Waals surface area contributed by atoms with Crippen molar-refractivity contribution < 1.29 is 9.59 Å². The van der Waals surface area contributed by atoms with E-state index in [4.69, 9.17) is 0 Å². The molecule has 0 atom stereocenters. The van der Waals surface area contributed by atoms with E-state index in [0.717, 1.165) is 45.2 Å². The van der Waals surface area contributed by atoms with E-state index in [1.54, 1.807) is 12.3 Å². The highest BCUT2D eigenvalue weighted by molar-refractivity contribution is 5.92. The minimum absolute atomic E-state index is 0.0767. The van der Waals surface area contributed by atoms with Gasteiger partial charge in [-0.25, -0.2) is 0 Å². The fourth-order valence-corrected chi connectivity index (χ4v) is 5.12. The molecule has 32 heavy (non-hydrogen) atoms. The number of nitrogens with one attached hydrogen (secondary N) is 1. The smallest absolute Gasteiger partial charge is 0.272 e. The lowest BCUT2D eigenvalue weighted by molar-refractivity contribution is -0.125. The number of nitrogens with zero attached hydrogens (tertiary/aromatic N) is 4. The second kappa shape index (κ2) is 10.7. The van der Waals surface area contributed by atoms with E-state index in [9.17, 15) is 9.59 Å². The first-order chi connectivity index (χ1) is 15.7. The van der Waals surface area contributed by atoms with Gasteiger partial charge >= 0.3 is 0 Å². The maximum atomic E-state index is 13.0. The Morgan fingerprint density at radius 3 is 2.53 bits per heavy atom. The summed E-state index contributed by atoms with van der Waals surface area (Å²) in [6.45, 7) is 3.26. The van der Waals surface area contributed by atoms with Gasteiger partial charge in [0.1, 0.15) is 5.69 Å². The highest BCUT2D eigenvalue weighted by atomic mass is 16.2. The molecule has 2 amide bonds. The van der Waals surface area contributed by atoms with Gasteiger partial charge < -0.3 is 10.2 Å². The van der Waals surface area contributed by atoms with E-state index in [1.807, 2.05) is 29.4 Å². The van der Waals surface area contributed by atoms with E-state index in [1.165, 1.54) is 12.0 Å². The molecule has 2 aromatic rings. The van der Waals surface area contributed by atoms with Crippen LogP contribution in [0.4, 0.5) is 0 Å². The zero-order valence-electron chi connectivity index (χ0n) is 18.7. The number of pyridine rings is 2. The van der Waals surface area contributed by atoms with Crippen molar-refractivity contribution in [2.24, 2.45) is 0 Å². The maximum absolute atomic E-state index is 13.0. The van der Waals surface area contributed by atoms with Crippen LogP contribution in [0, 0.1) is 0 Å². The Balaban J connectivity index is 1.55. The van der Waals surface area contributed by atoms with Crippen LogP contribution in [0.1, 0.15) is 61.0 Å². The van der Waals surface area contributed by atoms with Crippen LogP contribution >= 0.6 is 0 Å². The molecule has 7 heteroatoms. The highest BCUT2D eigenvalue weighted by Crippen LogP contribution is 2.38. The Morgan fingerprint density at radius 2 is 1.78 bits per heavy atom. The third-order valence-corrected chi connectivity index (χ3v) is 6.80. The lowest BCUT2D eigenvalue weighted by Gasteiger charge is -2.46. The highest BCUT2D eigenvalue weighted by Gasteiger charge is 2.40. The minimum Gasteiger partial charge on any atom is -0.354 e. The molecular weight excluding hydrogens is 402 g/mol. The standard InChI is InChI=1S/C25H33N5O2/c31-23-19-25(10-3-1-4-11-25)30(20-21-8-13-26-14-9-21)17-6-16-29(18-15-28-23)24(32)22-7-2-5-12-27-22/h2,5,7-9,12-14H,1,3-4,6,10-11,15-20H2,(H,28,31). The van der Waals surface area contributed by atoms with Crippen LogP contribution in [-0.2, 0) is 11.3 Å². The monoisotopic (exact) mass is 435 g/mol. The summed E-state index contributed by atoms with van der Waals surface area (Å²) in [6.07, 6.45) is 12.3. The van der Waals surface area contributed by atoms with Crippen molar-refractivity contribution in [3.8, 4) is 0 Å². The van der Waals surface area contributed by atoms with Gasteiger partial charge in [0.2, 0.25) is 5.91 Å². The second-order valence-corrected chi connectivity index (χ2v) is 8.95. The molecule has 0 radical (unpaired) electrons. The zero-order chi connectivity index (χ0) is 22.2. The van der Waals surface area contributed by atoms with Crippen LogP contribution in [-0.4, -0.2) is 63.3 Å². The van der Waals surface area contributed by atoms with E-state index >= 15 is 0 Å². The first-order valence-corrected chi connectivity index (χ1v) is 11.8. The molecule has 4 rings (SSSR count). The summed E-state index contributed by atoms with van der Waals surface area (Å²) in [4.78, 5) is 38.7. The van der Waals surface area contributed by atoms with Crippen molar-refractivity contribution >= 4 is 11.8 Å². The molecular formula is C25H33N5O2. The summed E-state index contributed by atoms with van der Waals surface area (Å²) in [6, 6.07) is 9.50. The van der Waals surface area contributed by atoms with Crippen LogP contribution in [0.5, 0.6) is 0 Å². The van der Waals surface area contributed by atoms with Gasteiger partial charge in [0.25, 0.3) is 5.91 Å². The van der Waals surface area contributed by atoms with E-state index in [2.05, 4.69) is 32.3 Å². The molecule has 1 aliphatic carbocycles. The van der Waals surface area contributed by atoms with Crippen molar-refractivity contribution in [2.45, 2.75) is 57.0 Å². The number of aromatic nitrogens is 2. The van der Waals surface area contributed by atoms with Gasteiger partial charge in [0, 0.05) is 63.3 Å². The number of hydrogen-bond acceptors (Lipinski definition) is 5. The van der Waals surface area contributed by atoms with Crippen molar-refractivity contribution in [3.63, 3.8) is 0 Å². The number of hydrogen-bond donors (Lipinski definition) is 1. The van der Waals surface area contributed by atoms with Gasteiger partial charge in [-0.15, -0.1) is 0 Å². The molecule has 1 aliphatic heterocycles.